The van der Waals surface area contributed by atoms with Crippen LogP contribution in [0.15, 0.2) is 88.4 Å². The number of fused-ring (bicyclic) bond motifs is 2. The molecule has 6 aliphatic rings. The number of likely N-dealkylation sites (tertiary alicyclic amines) is 2. The van der Waals surface area contributed by atoms with Crippen LogP contribution in [0.25, 0.3) is 0 Å². The molecule has 2 aliphatic carbocycles. The SMILES string of the molecule is CN[C@@H](C)C(=O)N[C@H](C(=O)N1C[C@@H](N2C=C(COCC3=CN([C@H]4C[C@@H](C(=O)N[C@@H]5CCCc6ccccc65)N(C(=O)[C@@H](NC(=O)[C@H](C)NC)C(C)(C)C)C4)N=CC3)C=C=N2)C[C@H]1C(=O)N[C@@H]1CCCc2ccccc21)C(C)(C)C. The molecule has 0 saturated carbocycles. The maximum atomic E-state index is 14.8. The number of nitrogens with one attached hydrogen (secondary N) is 6. The van der Waals surface area contributed by atoms with Crippen molar-refractivity contribution in [2.75, 3.05) is 40.4 Å². The zero-order valence-electron chi connectivity index (χ0n) is 47.9. The van der Waals surface area contributed by atoms with Crippen molar-refractivity contribution in [1.29, 1.82) is 0 Å². The topological polar surface area (TPSA) is 222 Å². The predicted octanol–water partition coefficient (Wildman–Crippen LogP) is 4.52. The lowest BCUT2D eigenvalue weighted by Gasteiger charge is -2.36. The van der Waals surface area contributed by atoms with Gasteiger partial charge in [-0.15, -0.1) is 5.10 Å². The molecule has 0 bridgehead atoms. The van der Waals surface area contributed by atoms with Crippen LogP contribution in [-0.4, -0.2) is 156 Å². The Kier molecular flexibility index (Phi) is 18.7. The summed E-state index contributed by atoms with van der Waals surface area (Å²) < 4.78 is 6.35. The number of hydrogen-bond acceptors (Lipinski definition) is 13. The number of amides is 6. The van der Waals surface area contributed by atoms with Gasteiger partial charge < -0.3 is 46.4 Å². The highest BCUT2D eigenvalue weighted by Crippen LogP contribution is 2.35. The van der Waals surface area contributed by atoms with E-state index in [4.69, 9.17) is 9.84 Å². The Balaban J connectivity index is 0.958. The van der Waals surface area contributed by atoms with Gasteiger partial charge in [0.05, 0.1) is 49.5 Å². The van der Waals surface area contributed by atoms with E-state index in [1.165, 1.54) is 11.1 Å². The number of hydrazone groups is 2. The standard InChI is InChI=1S/C60H84N12O7/c1-37(61-9)53(73)67-51(59(3,4)5)57(77)69-33-43(29-49(69)55(75)65-47-23-15-19-41-17-11-13-21-45(41)47)71-31-39(25-27-63-71)35-79-36-40-26-28-64-72(32-40)44-30-50(56(76)66-48-24-16-20-42-18-12-14-22-46(42)48)70(34-44)58(78)52(60(6,7)8)68-54(74)38(2)62-10/h11-14,17-18,21-22,25,28,31-32,37-38,43-44,47-52,61-62H,15-16,19-20,23-24,26,29-30,33-36H2,1-10H3,(H,65,75)(H,66,76)(H,67,73)(H,68,74)/t37-,38-,43-,44-,47+,48+,49-,50-,51+,52+/m0/s1. The fourth-order valence-corrected chi connectivity index (χ4v) is 11.6. The number of ether oxygens (including phenoxy) is 1. The van der Waals surface area contributed by atoms with Gasteiger partial charge >= 0.3 is 0 Å². The van der Waals surface area contributed by atoms with Gasteiger partial charge in [-0.05, 0) is 105 Å². The van der Waals surface area contributed by atoms with Crippen molar-refractivity contribution < 1.29 is 33.5 Å². The average molecular weight is 1090 g/mol. The quantitative estimate of drug-likeness (QED) is 0.122. The summed E-state index contributed by atoms with van der Waals surface area (Å²) in [6, 6.07) is 10.7. The summed E-state index contributed by atoms with van der Waals surface area (Å²) in [4.78, 5) is 88.5. The van der Waals surface area contributed by atoms with Crippen molar-refractivity contribution in [1.82, 2.24) is 51.7 Å². The van der Waals surface area contributed by atoms with Crippen molar-refractivity contribution in [2.45, 2.75) is 174 Å². The highest BCUT2D eigenvalue weighted by molar-refractivity contribution is 5.95. The normalized spacial score (nSPS) is 24.3. The highest BCUT2D eigenvalue weighted by Gasteiger charge is 2.49. The van der Waals surface area contributed by atoms with Gasteiger partial charge in [0.2, 0.25) is 35.4 Å². The number of nitrogens with zero attached hydrogens (tertiary/aromatic N) is 6. The van der Waals surface area contributed by atoms with E-state index >= 15 is 0 Å². The third-order valence-corrected chi connectivity index (χ3v) is 16.5. The minimum absolute atomic E-state index is 0.183. The van der Waals surface area contributed by atoms with Crippen LogP contribution in [0.5, 0.6) is 0 Å². The molecule has 2 aromatic carbocycles. The Bertz CT molecular complexity index is 2760. The molecule has 8 rings (SSSR count). The van der Waals surface area contributed by atoms with Crippen LogP contribution >= 0.6 is 0 Å². The molecule has 6 N–H and O–H groups in total. The fourth-order valence-electron chi connectivity index (χ4n) is 11.6. The molecule has 0 radical (unpaired) electrons. The maximum Gasteiger partial charge on any atom is 0.246 e. The summed E-state index contributed by atoms with van der Waals surface area (Å²) in [5.41, 5.74) is 5.01. The van der Waals surface area contributed by atoms with Crippen LogP contribution < -0.4 is 31.9 Å². The lowest BCUT2D eigenvalue weighted by Crippen LogP contribution is -2.59. The predicted molar refractivity (Wildman–Crippen MR) is 304 cm³/mol. The molecule has 426 valence electrons. The monoisotopic (exact) mass is 1080 g/mol. The summed E-state index contributed by atoms with van der Waals surface area (Å²) in [5, 5.41) is 31.4. The summed E-state index contributed by atoms with van der Waals surface area (Å²) >= 11 is 0. The number of aryl methyl sites for hydroxylation is 2. The maximum absolute atomic E-state index is 14.8. The molecule has 0 spiro atoms. The van der Waals surface area contributed by atoms with E-state index in [1.54, 1.807) is 48.8 Å². The second-order valence-electron chi connectivity index (χ2n) is 24.4. The van der Waals surface area contributed by atoms with Crippen molar-refractivity contribution >= 4 is 47.5 Å². The first-order valence-electron chi connectivity index (χ1n) is 28.3. The van der Waals surface area contributed by atoms with Gasteiger partial charge in [0, 0.05) is 68.5 Å². The molecule has 19 nitrogen and oxygen atoms in total. The first kappa shape index (κ1) is 58.5. The minimum atomic E-state index is -0.909. The van der Waals surface area contributed by atoms with Crippen LogP contribution in [0.4, 0.5) is 0 Å². The Labute approximate surface area is 466 Å². The Morgan fingerprint density at radius 2 is 1.15 bits per heavy atom. The lowest BCUT2D eigenvalue weighted by atomic mass is 9.85. The number of carbonyl (C=O) groups excluding carboxylic acids is 6. The molecular formula is C60H84N12O7. The summed E-state index contributed by atoms with van der Waals surface area (Å²) in [6.07, 6.45) is 13.9. The van der Waals surface area contributed by atoms with Crippen LogP contribution in [0.2, 0.25) is 0 Å². The Hall–Kier alpha value is -6.66. The highest BCUT2D eigenvalue weighted by atomic mass is 16.5. The Morgan fingerprint density at radius 3 is 1.63 bits per heavy atom. The Morgan fingerprint density at radius 1 is 0.671 bits per heavy atom. The van der Waals surface area contributed by atoms with E-state index in [0.717, 1.165) is 60.8 Å². The summed E-state index contributed by atoms with van der Waals surface area (Å²) in [6.45, 7) is 15.8. The van der Waals surface area contributed by atoms with Crippen LogP contribution in [0, 0.1) is 10.8 Å². The second-order valence-corrected chi connectivity index (χ2v) is 24.4. The molecule has 4 aliphatic heterocycles. The van der Waals surface area contributed by atoms with E-state index in [2.05, 4.69) is 67.1 Å². The fraction of sp³-hybridized carbons (Fsp3) is 0.583. The van der Waals surface area contributed by atoms with Crippen molar-refractivity contribution in [3.63, 3.8) is 0 Å². The minimum Gasteiger partial charge on any atom is -0.372 e. The van der Waals surface area contributed by atoms with Crippen molar-refractivity contribution in [3.05, 3.63) is 100 Å². The average Bonchev–Trinajstić information content (AvgIpc) is 4.24. The molecule has 0 aromatic heterocycles. The molecule has 6 amide bonds. The van der Waals surface area contributed by atoms with Gasteiger partial charge in [0.15, 0.2) is 0 Å². The van der Waals surface area contributed by atoms with E-state index < -0.39 is 47.1 Å². The molecule has 2 fully saturated rings. The number of hydrogen-bond donors (Lipinski definition) is 6. The second kappa shape index (κ2) is 25.2. The van der Waals surface area contributed by atoms with Crippen molar-refractivity contribution in [3.8, 4) is 0 Å². The van der Waals surface area contributed by atoms with Gasteiger partial charge in [0.25, 0.3) is 0 Å². The van der Waals surface area contributed by atoms with E-state index in [0.29, 0.717) is 19.3 Å². The zero-order chi connectivity index (χ0) is 56.8. The largest absolute Gasteiger partial charge is 0.372 e. The molecular weight excluding hydrogens is 1000 g/mol. The smallest absolute Gasteiger partial charge is 0.246 e. The van der Waals surface area contributed by atoms with Gasteiger partial charge in [-0.3, -0.25) is 38.8 Å². The third kappa shape index (κ3) is 13.9. The third-order valence-electron chi connectivity index (χ3n) is 16.5. The van der Waals surface area contributed by atoms with E-state index in [1.807, 2.05) is 89.4 Å². The van der Waals surface area contributed by atoms with Crippen LogP contribution in [0.1, 0.15) is 135 Å². The summed E-state index contributed by atoms with van der Waals surface area (Å²) in [5.74, 6) is 1.25. The van der Waals surface area contributed by atoms with E-state index in [-0.39, 0.29) is 85.9 Å². The number of likely N-dealkylation sites (N-methyl/N-ethyl adjacent to an activating group) is 2. The molecule has 0 unspecified atom stereocenters. The van der Waals surface area contributed by atoms with Gasteiger partial charge in [-0.2, -0.15) is 5.10 Å². The van der Waals surface area contributed by atoms with Gasteiger partial charge in [-0.25, -0.2) is 0 Å². The first-order chi connectivity index (χ1) is 37.6. The van der Waals surface area contributed by atoms with Gasteiger partial charge in [0.1, 0.15) is 24.2 Å². The number of carbonyl (C=O) groups is 6. The molecule has 10 atom stereocenters. The molecule has 19 heteroatoms. The van der Waals surface area contributed by atoms with Crippen LogP contribution in [-0.2, 0) is 46.3 Å². The molecule has 2 aromatic rings. The first-order valence-corrected chi connectivity index (χ1v) is 28.3. The van der Waals surface area contributed by atoms with Crippen molar-refractivity contribution in [2.24, 2.45) is 21.0 Å². The van der Waals surface area contributed by atoms with Crippen LogP contribution in [0.3, 0.4) is 0 Å². The van der Waals surface area contributed by atoms with Gasteiger partial charge in [-0.1, -0.05) is 90.1 Å². The zero-order valence-corrected chi connectivity index (χ0v) is 47.9. The number of rotatable bonds is 18. The van der Waals surface area contributed by atoms with E-state index in [9.17, 15) is 28.8 Å². The number of benzene rings is 2. The lowest BCUT2D eigenvalue weighted by molar-refractivity contribution is -0.144. The molecule has 4 heterocycles. The molecule has 79 heavy (non-hydrogen) atoms. The summed E-state index contributed by atoms with van der Waals surface area (Å²) in [7, 11) is 3.38. The molecule has 2 saturated heterocycles.